The third-order valence-electron chi connectivity index (χ3n) is 7.12. The zero-order valence-corrected chi connectivity index (χ0v) is 20.5. The molecule has 1 atom stereocenters. The lowest BCUT2D eigenvalue weighted by atomic mass is 10.0. The molecule has 2 aromatic heterocycles. The molecule has 3 aromatic rings. The number of aliphatic hydroxyl groups is 1. The molecule has 0 aliphatic carbocycles. The second-order valence-electron chi connectivity index (χ2n) is 9.69. The van der Waals surface area contributed by atoms with Crippen LogP contribution in [0.4, 0.5) is 5.82 Å². The highest BCUT2D eigenvalue weighted by atomic mass is 16.3. The zero-order chi connectivity index (χ0) is 25.1. The van der Waals surface area contributed by atoms with Gasteiger partial charge in [-0.25, -0.2) is 9.97 Å². The van der Waals surface area contributed by atoms with Crippen molar-refractivity contribution >= 4 is 28.5 Å². The van der Waals surface area contributed by atoms with E-state index in [0.29, 0.717) is 25.5 Å². The Morgan fingerprint density at radius 2 is 2.00 bits per heavy atom. The number of H-pyrrole nitrogens is 1. The van der Waals surface area contributed by atoms with E-state index >= 15 is 0 Å². The third-order valence-corrected chi connectivity index (χ3v) is 7.12. The number of amides is 2. The molecule has 1 fully saturated rings. The number of piperidine rings is 1. The summed E-state index contributed by atoms with van der Waals surface area (Å²) in [6.07, 6.45) is 3.26. The Morgan fingerprint density at radius 1 is 1.19 bits per heavy atom. The van der Waals surface area contributed by atoms with Crippen molar-refractivity contribution < 1.29 is 14.7 Å². The molecule has 0 saturated carbocycles. The number of aromatic nitrogens is 3. The molecule has 0 unspecified atom stereocenters. The molecule has 1 saturated heterocycles. The van der Waals surface area contributed by atoms with Crippen molar-refractivity contribution in [2.75, 3.05) is 38.0 Å². The second-order valence-corrected chi connectivity index (χ2v) is 9.69. The molecule has 1 aromatic carbocycles. The summed E-state index contributed by atoms with van der Waals surface area (Å²) in [5, 5.41) is 18.0. The number of anilines is 1. The first-order chi connectivity index (χ1) is 17.5. The van der Waals surface area contributed by atoms with E-state index in [1.165, 1.54) is 23.0 Å². The molecule has 4 heterocycles. The minimum atomic E-state index is -0.689. The number of aliphatic hydroxyl groups excluding tert-OH is 1. The van der Waals surface area contributed by atoms with Crippen molar-refractivity contribution in [3.8, 4) is 0 Å². The molecule has 2 aliphatic heterocycles. The Balaban J connectivity index is 1.09. The number of para-hydroxylation sites is 1. The highest BCUT2D eigenvalue weighted by molar-refractivity contribution is 5.92. The molecular formula is C26H33N7O3. The van der Waals surface area contributed by atoms with E-state index in [1.807, 2.05) is 11.0 Å². The SMILES string of the molecule is CC(=O)N1CCC(Nc2cc(C(=O)NC[C@@H](O)CN3CCc4c([nH]c5ccccc45)C3)ncn2)CC1. The number of carbonyl (C=O) groups excluding carboxylic acids is 2. The average Bonchev–Trinajstić information content (AvgIpc) is 3.25. The van der Waals surface area contributed by atoms with E-state index in [4.69, 9.17) is 0 Å². The molecule has 4 N–H and O–H groups in total. The van der Waals surface area contributed by atoms with Gasteiger partial charge in [0.05, 0.1) is 6.10 Å². The van der Waals surface area contributed by atoms with Gasteiger partial charge in [0, 0.05) is 74.9 Å². The van der Waals surface area contributed by atoms with Crippen LogP contribution >= 0.6 is 0 Å². The Morgan fingerprint density at radius 3 is 2.81 bits per heavy atom. The Hall–Kier alpha value is -3.50. The summed E-state index contributed by atoms with van der Waals surface area (Å²) in [5.74, 6) is 0.335. The van der Waals surface area contributed by atoms with Crippen molar-refractivity contribution in [1.82, 2.24) is 30.1 Å². The number of carbonyl (C=O) groups is 2. The maximum Gasteiger partial charge on any atom is 0.270 e. The number of rotatable bonds is 7. The molecule has 0 spiro atoms. The predicted molar refractivity (Wildman–Crippen MR) is 137 cm³/mol. The number of benzene rings is 1. The van der Waals surface area contributed by atoms with Crippen LogP contribution in [0.25, 0.3) is 10.9 Å². The monoisotopic (exact) mass is 491 g/mol. The summed E-state index contributed by atoms with van der Waals surface area (Å²) in [6.45, 7) is 5.25. The fourth-order valence-electron chi connectivity index (χ4n) is 5.18. The van der Waals surface area contributed by atoms with Crippen LogP contribution in [-0.4, -0.2) is 86.5 Å². The van der Waals surface area contributed by atoms with Crippen LogP contribution in [0.1, 0.15) is 41.5 Å². The average molecular weight is 492 g/mol. The molecule has 5 rings (SSSR count). The van der Waals surface area contributed by atoms with Crippen LogP contribution < -0.4 is 10.6 Å². The minimum Gasteiger partial charge on any atom is -0.390 e. The lowest BCUT2D eigenvalue weighted by molar-refractivity contribution is -0.129. The molecule has 190 valence electrons. The largest absolute Gasteiger partial charge is 0.390 e. The van der Waals surface area contributed by atoms with Crippen LogP contribution in [0.2, 0.25) is 0 Å². The topological polar surface area (TPSA) is 126 Å². The third kappa shape index (κ3) is 5.50. The number of hydrogen-bond donors (Lipinski definition) is 4. The van der Waals surface area contributed by atoms with Gasteiger partial charge in [0.1, 0.15) is 17.8 Å². The van der Waals surface area contributed by atoms with Gasteiger partial charge in [-0.1, -0.05) is 18.2 Å². The molecule has 10 nitrogen and oxygen atoms in total. The number of aromatic amines is 1. The summed E-state index contributed by atoms with van der Waals surface area (Å²) >= 11 is 0. The lowest BCUT2D eigenvalue weighted by Crippen LogP contribution is -2.42. The Bertz CT molecular complexity index is 1240. The molecule has 36 heavy (non-hydrogen) atoms. The van der Waals surface area contributed by atoms with Crippen molar-refractivity contribution in [3.63, 3.8) is 0 Å². The lowest BCUT2D eigenvalue weighted by Gasteiger charge is -2.31. The normalized spacial score (nSPS) is 17.6. The summed E-state index contributed by atoms with van der Waals surface area (Å²) in [4.78, 5) is 40.0. The number of hydrogen-bond acceptors (Lipinski definition) is 7. The maximum absolute atomic E-state index is 12.7. The standard InChI is InChI=1S/C26H33N7O3/c1-17(34)33-10-6-18(7-11-33)30-25-12-23(28-16-29-25)26(36)27-13-19(35)14-32-9-8-21-20-4-2-3-5-22(20)31-24(21)15-32/h2-5,12,16,18-19,31,35H,6-11,13-15H2,1H3,(H,27,36)(H,28,29,30)/t19-/m1/s1. The summed E-state index contributed by atoms with van der Waals surface area (Å²) < 4.78 is 0. The second kappa shape index (κ2) is 10.6. The smallest absolute Gasteiger partial charge is 0.270 e. The molecular weight excluding hydrogens is 458 g/mol. The molecule has 2 amide bonds. The van der Waals surface area contributed by atoms with Crippen LogP contribution in [0.3, 0.4) is 0 Å². The van der Waals surface area contributed by atoms with E-state index in [-0.39, 0.29) is 30.1 Å². The van der Waals surface area contributed by atoms with Gasteiger partial charge >= 0.3 is 0 Å². The highest BCUT2D eigenvalue weighted by Gasteiger charge is 2.23. The van der Waals surface area contributed by atoms with E-state index < -0.39 is 6.10 Å². The van der Waals surface area contributed by atoms with Crippen molar-refractivity contribution in [2.24, 2.45) is 0 Å². The van der Waals surface area contributed by atoms with Gasteiger partial charge in [-0.2, -0.15) is 0 Å². The highest BCUT2D eigenvalue weighted by Crippen LogP contribution is 2.27. The maximum atomic E-state index is 12.7. The molecule has 0 bridgehead atoms. The first kappa shape index (κ1) is 24.2. The zero-order valence-electron chi connectivity index (χ0n) is 20.5. The quantitative estimate of drug-likeness (QED) is 0.395. The van der Waals surface area contributed by atoms with Crippen molar-refractivity contribution in [2.45, 2.75) is 44.9 Å². The number of nitrogens with one attached hydrogen (secondary N) is 3. The summed E-state index contributed by atoms with van der Waals surface area (Å²) in [6, 6.07) is 10.1. The van der Waals surface area contributed by atoms with Crippen molar-refractivity contribution in [3.05, 3.63) is 53.6 Å². The Kier molecular flexibility index (Phi) is 7.15. The van der Waals surface area contributed by atoms with E-state index in [2.05, 4.69) is 48.7 Å². The van der Waals surface area contributed by atoms with Crippen molar-refractivity contribution in [1.29, 1.82) is 0 Å². The van der Waals surface area contributed by atoms with Gasteiger partial charge in [0.2, 0.25) is 5.91 Å². The predicted octanol–water partition coefficient (Wildman–Crippen LogP) is 1.53. The first-order valence-electron chi connectivity index (χ1n) is 12.6. The van der Waals surface area contributed by atoms with E-state index in [0.717, 1.165) is 37.9 Å². The van der Waals surface area contributed by atoms with Gasteiger partial charge in [0.25, 0.3) is 5.91 Å². The van der Waals surface area contributed by atoms with Crippen LogP contribution in [0, 0.1) is 0 Å². The number of nitrogens with zero attached hydrogens (tertiary/aromatic N) is 4. The number of β-amino-alcohol motifs (C(OH)–C–C–N with tert-alkyl or cyclic N) is 1. The van der Waals surface area contributed by atoms with Gasteiger partial charge in [-0.15, -0.1) is 0 Å². The fourth-order valence-corrected chi connectivity index (χ4v) is 5.18. The van der Waals surface area contributed by atoms with Gasteiger partial charge in [-0.3, -0.25) is 14.5 Å². The fraction of sp³-hybridized carbons (Fsp3) is 0.462. The summed E-state index contributed by atoms with van der Waals surface area (Å²) in [5.41, 5.74) is 3.97. The van der Waals surface area contributed by atoms with Gasteiger partial charge in [0.15, 0.2) is 0 Å². The van der Waals surface area contributed by atoms with Gasteiger partial charge < -0.3 is 25.6 Å². The van der Waals surface area contributed by atoms with Crippen LogP contribution in [0.15, 0.2) is 36.7 Å². The van der Waals surface area contributed by atoms with E-state index in [9.17, 15) is 14.7 Å². The van der Waals surface area contributed by atoms with E-state index in [1.54, 1.807) is 13.0 Å². The van der Waals surface area contributed by atoms with Crippen LogP contribution in [-0.2, 0) is 17.8 Å². The number of fused-ring (bicyclic) bond motifs is 3. The number of likely N-dealkylation sites (tertiary alicyclic amines) is 1. The molecule has 10 heteroatoms. The van der Waals surface area contributed by atoms with Gasteiger partial charge in [-0.05, 0) is 30.9 Å². The molecule has 0 radical (unpaired) electrons. The first-order valence-corrected chi connectivity index (χ1v) is 12.6. The summed E-state index contributed by atoms with van der Waals surface area (Å²) in [7, 11) is 0. The minimum absolute atomic E-state index is 0.0968. The van der Waals surface area contributed by atoms with Crippen LogP contribution in [0.5, 0.6) is 0 Å². The molecule has 2 aliphatic rings. The Labute approximate surface area is 210 Å².